The zero-order valence-corrected chi connectivity index (χ0v) is 11.7. The number of nitrogens with one attached hydrogen (secondary N) is 2. The van der Waals surface area contributed by atoms with Crippen molar-refractivity contribution in [1.82, 2.24) is 10.6 Å². The highest BCUT2D eigenvalue weighted by Gasteiger charge is 2.33. The predicted molar refractivity (Wildman–Crippen MR) is 69.0 cm³/mol. The van der Waals surface area contributed by atoms with E-state index in [9.17, 15) is 4.79 Å². The number of ether oxygens (including phenoxy) is 1. The summed E-state index contributed by atoms with van der Waals surface area (Å²) in [5.41, 5.74) is -0.629. The normalized spacial score (nSPS) is 24.4. The third-order valence-electron chi connectivity index (χ3n) is 3.22. The van der Waals surface area contributed by atoms with Gasteiger partial charge in [-0.3, -0.25) is 4.79 Å². The van der Waals surface area contributed by atoms with Gasteiger partial charge in [0.2, 0.25) is 5.91 Å². The minimum Gasteiger partial charge on any atom is -0.375 e. The molecule has 0 radical (unpaired) electrons. The Kier molecular flexibility index (Phi) is 4.55. The summed E-state index contributed by atoms with van der Waals surface area (Å²) in [6, 6.07) is 0.226. The molecule has 0 saturated carbocycles. The van der Waals surface area contributed by atoms with Crippen LogP contribution in [0.1, 0.15) is 47.5 Å². The highest BCUT2D eigenvalue weighted by atomic mass is 16.5. The maximum Gasteiger partial charge on any atom is 0.239 e. The lowest BCUT2D eigenvalue weighted by Crippen LogP contribution is -2.56. The van der Waals surface area contributed by atoms with Crippen LogP contribution >= 0.6 is 0 Å². The van der Waals surface area contributed by atoms with Crippen LogP contribution in [0.3, 0.4) is 0 Å². The molecule has 4 heteroatoms. The van der Waals surface area contributed by atoms with Crippen molar-refractivity contribution in [3.05, 3.63) is 0 Å². The van der Waals surface area contributed by atoms with Crippen LogP contribution in [0.25, 0.3) is 0 Å². The van der Waals surface area contributed by atoms with Crippen LogP contribution in [0.2, 0.25) is 0 Å². The predicted octanol–water partition coefficient (Wildman–Crippen LogP) is 1.45. The van der Waals surface area contributed by atoms with Crippen LogP contribution in [-0.2, 0) is 9.53 Å². The summed E-state index contributed by atoms with van der Waals surface area (Å²) in [5, 5.41) is 6.31. The van der Waals surface area contributed by atoms with Gasteiger partial charge in [0, 0.05) is 12.6 Å². The molecular formula is C13H26N2O2. The van der Waals surface area contributed by atoms with E-state index < -0.39 is 5.54 Å². The molecule has 1 saturated heterocycles. The number of hydrogen-bond acceptors (Lipinski definition) is 3. The minimum atomic E-state index is -0.503. The molecular weight excluding hydrogens is 216 g/mol. The van der Waals surface area contributed by atoms with Crippen molar-refractivity contribution >= 4 is 5.91 Å². The fraction of sp³-hybridized carbons (Fsp3) is 0.923. The fourth-order valence-corrected chi connectivity index (χ4v) is 2.24. The summed E-state index contributed by atoms with van der Waals surface area (Å²) in [6.07, 6.45) is 1.78. The molecule has 1 heterocycles. The average molecular weight is 242 g/mol. The van der Waals surface area contributed by atoms with Gasteiger partial charge < -0.3 is 15.4 Å². The third kappa shape index (κ3) is 4.28. The molecule has 1 rings (SSSR count). The first-order chi connectivity index (χ1) is 7.77. The van der Waals surface area contributed by atoms with Crippen molar-refractivity contribution < 1.29 is 9.53 Å². The number of likely N-dealkylation sites (N-methyl/N-ethyl adjacent to an activating group) is 1. The largest absolute Gasteiger partial charge is 0.375 e. The number of carbonyl (C=O) groups excluding carboxylic acids is 1. The van der Waals surface area contributed by atoms with Crippen molar-refractivity contribution in [2.24, 2.45) is 0 Å². The summed E-state index contributed by atoms with van der Waals surface area (Å²) >= 11 is 0. The van der Waals surface area contributed by atoms with E-state index in [-0.39, 0.29) is 17.6 Å². The summed E-state index contributed by atoms with van der Waals surface area (Å²) in [4.78, 5) is 12.1. The Hall–Kier alpha value is -0.610. The molecule has 17 heavy (non-hydrogen) atoms. The molecule has 1 amide bonds. The maximum absolute atomic E-state index is 12.1. The van der Waals surface area contributed by atoms with Gasteiger partial charge in [-0.1, -0.05) is 6.92 Å². The zero-order valence-electron chi connectivity index (χ0n) is 11.7. The number of rotatable bonds is 4. The Bertz CT molecular complexity index is 275. The fourth-order valence-electron chi connectivity index (χ4n) is 2.24. The first-order valence-corrected chi connectivity index (χ1v) is 6.47. The molecule has 0 aliphatic carbocycles. The Balaban J connectivity index is 2.51. The zero-order chi connectivity index (χ0) is 13.1. The lowest BCUT2D eigenvalue weighted by Gasteiger charge is -2.37. The first-order valence-electron chi connectivity index (χ1n) is 6.47. The van der Waals surface area contributed by atoms with Gasteiger partial charge in [-0.15, -0.1) is 0 Å². The second-order valence-electron chi connectivity index (χ2n) is 5.93. The molecule has 2 N–H and O–H groups in total. The number of hydrogen-bond donors (Lipinski definition) is 2. The van der Waals surface area contributed by atoms with Gasteiger partial charge >= 0.3 is 0 Å². The second-order valence-corrected chi connectivity index (χ2v) is 5.93. The standard InChI is InChI=1S/C13H26N2O2/c1-6-14-13(4,5)11(16)15-10-7-8-17-12(2,3)9-10/h10,14H,6-9H2,1-5H3,(H,15,16). The van der Waals surface area contributed by atoms with Crippen LogP contribution in [0.15, 0.2) is 0 Å². The van der Waals surface area contributed by atoms with E-state index in [0.29, 0.717) is 0 Å². The van der Waals surface area contributed by atoms with Gasteiger partial charge in [0.05, 0.1) is 11.1 Å². The molecule has 0 spiro atoms. The van der Waals surface area contributed by atoms with E-state index in [0.717, 1.165) is 26.0 Å². The first kappa shape index (κ1) is 14.5. The lowest BCUT2D eigenvalue weighted by molar-refractivity contribution is -0.129. The maximum atomic E-state index is 12.1. The van der Waals surface area contributed by atoms with Crippen molar-refractivity contribution in [3.63, 3.8) is 0 Å². The van der Waals surface area contributed by atoms with Crippen molar-refractivity contribution in [2.45, 2.75) is 64.6 Å². The molecule has 0 aromatic heterocycles. The van der Waals surface area contributed by atoms with E-state index >= 15 is 0 Å². The van der Waals surface area contributed by atoms with Crippen molar-refractivity contribution in [3.8, 4) is 0 Å². The molecule has 1 aliphatic rings. The molecule has 0 aromatic carbocycles. The molecule has 0 aromatic rings. The number of carbonyl (C=O) groups is 1. The molecule has 1 aliphatic heterocycles. The lowest BCUT2D eigenvalue weighted by atomic mass is 9.93. The summed E-state index contributed by atoms with van der Waals surface area (Å²) in [6.45, 7) is 11.5. The SMILES string of the molecule is CCNC(C)(C)C(=O)NC1CCOC(C)(C)C1. The van der Waals surface area contributed by atoms with E-state index in [1.807, 2.05) is 20.8 Å². The van der Waals surface area contributed by atoms with Crippen LogP contribution in [-0.4, -0.2) is 36.2 Å². The van der Waals surface area contributed by atoms with Gasteiger partial charge in [0.1, 0.15) is 0 Å². The van der Waals surface area contributed by atoms with Crippen molar-refractivity contribution in [2.75, 3.05) is 13.2 Å². The highest BCUT2D eigenvalue weighted by molar-refractivity contribution is 5.85. The van der Waals surface area contributed by atoms with Gasteiger partial charge in [0.15, 0.2) is 0 Å². The number of amides is 1. The quantitative estimate of drug-likeness (QED) is 0.784. The summed E-state index contributed by atoms with van der Waals surface area (Å²) in [7, 11) is 0. The highest BCUT2D eigenvalue weighted by Crippen LogP contribution is 2.24. The van der Waals surface area contributed by atoms with Gasteiger partial charge in [-0.25, -0.2) is 0 Å². The van der Waals surface area contributed by atoms with Gasteiger partial charge in [-0.05, 0) is 47.1 Å². The average Bonchev–Trinajstić information content (AvgIpc) is 2.15. The van der Waals surface area contributed by atoms with Crippen molar-refractivity contribution in [1.29, 1.82) is 0 Å². The van der Waals surface area contributed by atoms with Crippen LogP contribution in [0.5, 0.6) is 0 Å². The Morgan fingerprint density at radius 3 is 2.65 bits per heavy atom. The van der Waals surface area contributed by atoms with Gasteiger partial charge in [-0.2, -0.15) is 0 Å². The molecule has 100 valence electrons. The summed E-state index contributed by atoms with van der Waals surface area (Å²) < 4.78 is 5.64. The Labute approximate surface area is 104 Å². The van der Waals surface area contributed by atoms with E-state index in [1.165, 1.54) is 0 Å². The smallest absolute Gasteiger partial charge is 0.239 e. The molecule has 1 atom stereocenters. The molecule has 1 unspecified atom stereocenters. The van der Waals surface area contributed by atoms with E-state index in [4.69, 9.17) is 4.74 Å². The Morgan fingerprint density at radius 2 is 2.12 bits per heavy atom. The van der Waals surface area contributed by atoms with Gasteiger partial charge in [0.25, 0.3) is 0 Å². The van der Waals surface area contributed by atoms with Crippen LogP contribution in [0, 0.1) is 0 Å². The Morgan fingerprint density at radius 1 is 1.47 bits per heavy atom. The molecule has 0 bridgehead atoms. The second kappa shape index (κ2) is 5.36. The topological polar surface area (TPSA) is 50.4 Å². The van der Waals surface area contributed by atoms with E-state index in [2.05, 4.69) is 24.5 Å². The molecule has 4 nitrogen and oxygen atoms in total. The third-order valence-corrected chi connectivity index (χ3v) is 3.22. The van der Waals surface area contributed by atoms with E-state index in [1.54, 1.807) is 0 Å². The minimum absolute atomic E-state index is 0.0713. The van der Waals surface area contributed by atoms with Crippen LogP contribution < -0.4 is 10.6 Å². The monoisotopic (exact) mass is 242 g/mol. The van der Waals surface area contributed by atoms with Crippen LogP contribution in [0.4, 0.5) is 0 Å². The summed E-state index contributed by atoms with van der Waals surface area (Å²) in [5.74, 6) is 0.0713. The molecule has 1 fully saturated rings.